The molecule has 0 aliphatic heterocycles. The lowest BCUT2D eigenvalue weighted by atomic mass is 10.3. The number of anilines is 1. The van der Waals surface area contributed by atoms with Gasteiger partial charge in [0.2, 0.25) is 5.91 Å². The fourth-order valence-electron chi connectivity index (χ4n) is 1.18. The third kappa shape index (κ3) is 1.75. The summed E-state index contributed by atoms with van der Waals surface area (Å²) in [6.45, 7) is 1.83. The first-order valence-electron chi connectivity index (χ1n) is 4.42. The van der Waals surface area contributed by atoms with Crippen molar-refractivity contribution in [2.75, 3.05) is 5.32 Å². The molecule has 14 heavy (non-hydrogen) atoms. The van der Waals surface area contributed by atoms with E-state index < -0.39 is 0 Å². The number of carbonyl (C=O) groups is 1. The predicted molar refractivity (Wildman–Crippen MR) is 58.5 cm³/mol. The van der Waals surface area contributed by atoms with Crippen molar-refractivity contribution < 1.29 is 4.79 Å². The van der Waals surface area contributed by atoms with Gasteiger partial charge in [0.1, 0.15) is 0 Å². The van der Waals surface area contributed by atoms with Crippen LogP contribution >= 0.6 is 11.3 Å². The molecule has 2 aromatic rings. The quantitative estimate of drug-likeness (QED) is 0.820. The molecule has 0 radical (unpaired) electrons. The lowest BCUT2D eigenvalue weighted by Crippen LogP contribution is -2.08. The molecule has 0 atom stereocenters. The summed E-state index contributed by atoms with van der Waals surface area (Å²) in [6, 6.07) is 5.76. The molecule has 0 aliphatic rings. The minimum atomic E-state index is 0.0274. The van der Waals surface area contributed by atoms with E-state index in [9.17, 15) is 4.79 Å². The second-order valence-electron chi connectivity index (χ2n) is 2.94. The summed E-state index contributed by atoms with van der Waals surface area (Å²) in [7, 11) is 0. The molecule has 0 unspecified atom stereocenters. The van der Waals surface area contributed by atoms with Crippen LogP contribution in [0, 0.1) is 0 Å². The zero-order valence-electron chi connectivity index (χ0n) is 7.78. The van der Waals surface area contributed by atoms with E-state index >= 15 is 0 Å². The van der Waals surface area contributed by atoms with Crippen LogP contribution in [-0.4, -0.2) is 10.9 Å². The Morgan fingerprint density at radius 3 is 3.21 bits per heavy atom. The summed E-state index contributed by atoms with van der Waals surface area (Å²) < 4.78 is 1.14. The first kappa shape index (κ1) is 9.15. The topological polar surface area (TPSA) is 42.0 Å². The summed E-state index contributed by atoms with van der Waals surface area (Å²) in [4.78, 5) is 15.3. The molecule has 1 N–H and O–H groups in total. The largest absolute Gasteiger partial charge is 0.326 e. The fourth-order valence-corrected chi connectivity index (χ4v) is 1.84. The number of aromatic nitrogens is 1. The molecule has 1 aromatic carbocycles. The fraction of sp³-hybridized carbons (Fsp3) is 0.200. The summed E-state index contributed by atoms with van der Waals surface area (Å²) in [6.07, 6.45) is 0.495. The highest BCUT2D eigenvalue weighted by Crippen LogP contribution is 2.21. The number of nitrogens with one attached hydrogen (secondary N) is 1. The van der Waals surface area contributed by atoms with Gasteiger partial charge in [-0.15, -0.1) is 11.3 Å². The lowest BCUT2D eigenvalue weighted by molar-refractivity contribution is -0.115. The third-order valence-electron chi connectivity index (χ3n) is 1.94. The van der Waals surface area contributed by atoms with E-state index in [0.29, 0.717) is 6.42 Å². The first-order valence-corrected chi connectivity index (χ1v) is 5.30. The van der Waals surface area contributed by atoms with Crippen molar-refractivity contribution in [2.24, 2.45) is 0 Å². The Hall–Kier alpha value is -1.42. The maximum absolute atomic E-state index is 11.1. The summed E-state index contributed by atoms with van der Waals surface area (Å²) in [5, 5.41) is 2.80. The number of nitrogens with zero attached hydrogens (tertiary/aromatic N) is 1. The minimum Gasteiger partial charge on any atom is -0.326 e. The average molecular weight is 206 g/mol. The number of benzene rings is 1. The van der Waals surface area contributed by atoms with E-state index in [4.69, 9.17) is 0 Å². The van der Waals surface area contributed by atoms with Crippen molar-refractivity contribution in [2.45, 2.75) is 13.3 Å². The van der Waals surface area contributed by atoms with E-state index in [1.165, 1.54) is 0 Å². The smallest absolute Gasteiger partial charge is 0.224 e. The van der Waals surface area contributed by atoms with E-state index in [2.05, 4.69) is 10.3 Å². The number of carbonyl (C=O) groups excluding carboxylic acids is 1. The number of hydrogen-bond acceptors (Lipinski definition) is 3. The number of fused-ring (bicyclic) bond motifs is 1. The van der Waals surface area contributed by atoms with Crippen LogP contribution in [0.15, 0.2) is 23.7 Å². The second-order valence-corrected chi connectivity index (χ2v) is 3.82. The summed E-state index contributed by atoms with van der Waals surface area (Å²) in [5.41, 5.74) is 3.55. The number of hydrogen-bond donors (Lipinski definition) is 1. The van der Waals surface area contributed by atoms with Crippen LogP contribution in [0.5, 0.6) is 0 Å². The SMILES string of the molecule is CCC(=O)Nc1ccc2scnc2c1. The Morgan fingerprint density at radius 1 is 1.57 bits per heavy atom. The summed E-state index contributed by atoms with van der Waals surface area (Å²) >= 11 is 1.60. The zero-order chi connectivity index (χ0) is 9.97. The molecule has 1 heterocycles. The van der Waals surface area contributed by atoms with Gasteiger partial charge in [0.25, 0.3) is 0 Å². The van der Waals surface area contributed by atoms with E-state index in [1.54, 1.807) is 16.8 Å². The first-order chi connectivity index (χ1) is 6.79. The van der Waals surface area contributed by atoms with Gasteiger partial charge in [0.15, 0.2) is 0 Å². The van der Waals surface area contributed by atoms with Crippen LogP contribution in [0.2, 0.25) is 0 Å². The van der Waals surface area contributed by atoms with Crippen molar-refractivity contribution in [3.8, 4) is 0 Å². The zero-order valence-corrected chi connectivity index (χ0v) is 8.60. The van der Waals surface area contributed by atoms with Crippen LogP contribution in [0.25, 0.3) is 10.2 Å². The molecule has 72 valence electrons. The van der Waals surface area contributed by atoms with Crippen molar-refractivity contribution in [3.05, 3.63) is 23.7 Å². The number of rotatable bonds is 2. The van der Waals surface area contributed by atoms with Gasteiger partial charge in [-0.1, -0.05) is 6.92 Å². The monoisotopic (exact) mass is 206 g/mol. The third-order valence-corrected chi connectivity index (χ3v) is 2.75. The molecular formula is C10H10N2OS. The van der Waals surface area contributed by atoms with Crippen molar-refractivity contribution >= 4 is 33.1 Å². The Bertz CT molecular complexity index is 464. The predicted octanol–water partition coefficient (Wildman–Crippen LogP) is 2.64. The van der Waals surface area contributed by atoms with E-state index in [0.717, 1.165) is 15.9 Å². The van der Waals surface area contributed by atoms with Gasteiger partial charge in [-0.3, -0.25) is 4.79 Å². The van der Waals surface area contributed by atoms with E-state index in [-0.39, 0.29) is 5.91 Å². The van der Waals surface area contributed by atoms with Crippen molar-refractivity contribution in [1.29, 1.82) is 0 Å². The Morgan fingerprint density at radius 2 is 2.43 bits per heavy atom. The number of thiazole rings is 1. The van der Waals surface area contributed by atoms with Gasteiger partial charge in [-0.25, -0.2) is 4.98 Å². The molecule has 3 nitrogen and oxygen atoms in total. The molecule has 2 rings (SSSR count). The molecule has 0 fully saturated rings. The molecule has 1 amide bonds. The standard InChI is InChI=1S/C10H10N2OS/c1-2-10(13)12-7-3-4-9-8(5-7)11-6-14-9/h3-6H,2H2,1H3,(H,12,13). The van der Waals surface area contributed by atoms with Crippen LogP contribution in [0.3, 0.4) is 0 Å². The molecule has 0 saturated heterocycles. The molecule has 1 aromatic heterocycles. The van der Waals surface area contributed by atoms with Crippen LogP contribution in [0.4, 0.5) is 5.69 Å². The molecule has 0 saturated carbocycles. The van der Waals surface area contributed by atoms with Gasteiger partial charge in [-0.2, -0.15) is 0 Å². The maximum atomic E-state index is 11.1. The maximum Gasteiger partial charge on any atom is 0.224 e. The molecular weight excluding hydrogens is 196 g/mol. The van der Waals surface area contributed by atoms with E-state index in [1.807, 2.05) is 25.1 Å². The average Bonchev–Trinajstić information content (AvgIpc) is 2.64. The normalized spacial score (nSPS) is 10.4. The molecule has 0 bridgehead atoms. The highest BCUT2D eigenvalue weighted by Gasteiger charge is 2.01. The second kappa shape index (κ2) is 3.75. The minimum absolute atomic E-state index is 0.0274. The van der Waals surface area contributed by atoms with Gasteiger partial charge >= 0.3 is 0 Å². The van der Waals surface area contributed by atoms with Crippen LogP contribution < -0.4 is 5.32 Å². The number of amides is 1. The summed E-state index contributed by atoms with van der Waals surface area (Å²) in [5.74, 6) is 0.0274. The Balaban J connectivity index is 2.30. The van der Waals surface area contributed by atoms with Gasteiger partial charge < -0.3 is 5.32 Å². The highest BCUT2D eigenvalue weighted by molar-refractivity contribution is 7.16. The molecule has 0 spiro atoms. The Kier molecular flexibility index (Phi) is 2.45. The van der Waals surface area contributed by atoms with Gasteiger partial charge in [0.05, 0.1) is 15.7 Å². The molecule has 0 aliphatic carbocycles. The lowest BCUT2D eigenvalue weighted by Gasteiger charge is -2.02. The van der Waals surface area contributed by atoms with Crippen LogP contribution in [0.1, 0.15) is 13.3 Å². The van der Waals surface area contributed by atoms with Crippen molar-refractivity contribution in [1.82, 2.24) is 4.98 Å². The van der Waals surface area contributed by atoms with Gasteiger partial charge in [-0.05, 0) is 18.2 Å². The Labute approximate surface area is 85.8 Å². The molecule has 4 heteroatoms. The van der Waals surface area contributed by atoms with Crippen LogP contribution in [-0.2, 0) is 4.79 Å². The van der Waals surface area contributed by atoms with Gasteiger partial charge in [0, 0.05) is 12.1 Å². The van der Waals surface area contributed by atoms with Crippen molar-refractivity contribution in [3.63, 3.8) is 0 Å². The highest BCUT2D eigenvalue weighted by atomic mass is 32.1.